The molecule has 0 spiro atoms. The molecule has 3 heterocycles. The quantitative estimate of drug-likeness (QED) is 0.376. The number of rotatable bonds is 5. The number of ether oxygens (including phenoxy) is 1. The lowest BCUT2D eigenvalue weighted by Gasteiger charge is -2.22. The van der Waals surface area contributed by atoms with Gasteiger partial charge in [-0.25, -0.2) is 27.8 Å². The number of aryl methyl sites for hydroxylation is 2. The molecule has 0 unspecified atom stereocenters. The van der Waals surface area contributed by atoms with Crippen molar-refractivity contribution in [3.05, 3.63) is 88.8 Å². The summed E-state index contributed by atoms with van der Waals surface area (Å²) in [5, 5.41) is 4.53. The van der Waals surface area contributed by atoms with Crippen molar-refractivity contribution in [2.24, 2.45) is 0 Å². The Balaban J connectivity index is 1.42. The minimum absolute atomic E-state index is 0.356. The molecule has 0 aliphatic carbocycles. The van der Waals surface area contributed by atoms with E-state index < -0.39 is 17.5 Å². The second-order valence-electron chi connectivity index (χ2n) is 8.23. The van der Waals surface area contributed by atoms with Crippen molar-refractivity contribution < 1.29 is 17.9 Å². The highest BCUT2D eigenvalue weighted by Gasteiger charge is 2.27. The molecule has 1 atom stereocenters. The number of imidazole rings is 1. The van der Waals surface area contributed by atoms with Gasteiger partial charge in [-0.3, -0.25) is 0 Å². The Morgan fingerprint density at radius 3 is 2.59 bits per heavy atom. The molecule has 1 aliphatic heterocycles. The number of methoxy groups -OCH3 is 1. The molecule has 2 aromatic carbocycles. The molecule has 4 aromatic rings. The molecule has 0 bridgehead atoms. The van der Waals surface area contributed by atoms with Crippen LogP contribution >= 0.6 is 0 Å². The minimum atomic E-state index is -1.46. The molecule has 0 fully saturated rings. The fourth-order valence-electron chi connectivity index (χ4n) is 4.27. The molecular formula is C25H22F3N5O. The Morgan fingerprint density at radius 2 is 1.88 bits per heavy atom. The van der Waals surface area contributed by atoms with Gasteiger partial charge < -0.3 is 9.30 Å². The Morgan fingerprint density at radius 1 is 1.09 bits per heavy atom. The van der Waals surface area contributed by atoms with Gasteiger partial charge in [0.25, 0.3) is 0 Å². The maximum Gasteiger partial charge on any atom is 0.194 e. The number of nitrogens with zero attached hydrogens (tertiary/aromatic N) is 5. The zero-order valence-electron chi connectivity index (χ0n) is 18.7. The van der Waals surface area contributed by atoms with Crippen molar-refractivity contribution in [3.63, 3.8) is 0 Å². The molecule has 34 heavy (non-hydrogen) atoms. The highest BCUT2D eigenvalue weighted by atomic mass is 19.2. The van der Waals surface area contributed by atoms with E-state index in [1.54, 1.807) is 24.2 Å². The normalized spacial score (nSPS) is 15.6. The Labute approximate surface area is 194 Å². The van der Waals surface area contributed by atoms with Crippen LogP contribution in [0, 0.1) is 24.4 Å². The standard InChI is InChI=1S/C25H22F3N5O/c1-15-13-32(14-29-15)21-7-5-16(10-22(21)34-2)6-8-23-30-25-18(4-3-9-33(25)31-23)17-11-19(26)24(28)20(27)12-17/h5-8,10-14,18H,3-4,9H2,1-2H3/t18-/m1/s1. The highest BCUT2D eigenvalue weighted by Crippen LogP contribution is 2.34. The van der Waals surface area contributed by atoms with Crippen molar-refractivity contribution in [1.82, 2.24) is 24.3 Å². The third-order valence-electron chi connectivity index (χ3n) is 5.92. The average molecular weight is 465 g/mol. The number of fused-ring (bicyclic) bond motifs is 1. The summed E-state index contributed by atoms with van der Waals surface area (Å²) in [6, 6.07) is 7.88. The summed E-state index contributed by atoms with van der Waals surface area (Å²) in [7, 11) is 1.61. The third-order valence-corrected chi connectivity index (χ3v) is 5.92. The van der Waals surface area contributed by atoms with Gasteiger partial charge in [0.15, 0.2) is 23.3 Å². The summed E-state index contributed by atoms with van der Waals surface area (Å²) in [4.78, 5) is 8.85. The molecule has 0 saturated heterocycles. The number of aromatic nitrogens is 5. The van der Waals surface area contributed by atoms with E-state index in [-0.39, 0.29) is 5.92 Å². The fourth-order valence-corrected chi connectivity index (χ4v) is 4.27. The van der Waals surface area contributed by atoms with Crippen LogP contribution in [0.2, 0.25) is 0 Å². The van der Waals surface area contributed by atoms with Crippen molar-refractivity contribution >= 4 is 12.2 Å². The molecule has 0 saturated carbocycles. The Bertz CT molecular complexity index is 1370. The van der Waals surface area contributed by atoms with E-state index in [1.807, 2.05) is 42.0 Å². The second-order valence-corrected chi connectivity index (χ2v) is 8.23. The second kappa shape index (κ2) is 8.81. The molecule has 2 aromatic heterocycles. The molecule has 174 valence electrons. The Kier molecular flexibility index (Phi) is 5.69. The number of halogens is 3. The van der Waals surface area contributed by atoms with Crippen molar-refractivity contribution in [1.29, 1.82) is 0 Å². The van der Waals surface area contributed by atoms with Crippen LogP contribution < -0.4 is 4.74 Å². The van der Waals surface area contributed by atoms with E-state index in [0.29, 0.717) is 35.9 Å². The fraction of sp³-hybridized carbons (Fsp3) is 0.240. The predicted octanol–water partition coefficient (Wildman–Crippen LogP) is 5.29. The van der Waals surface area contributed by atoms with Gasteiger partial charge in [-0.15, -0.1) is 0 Å². The van der Waals surface area contributed by atoms with Gasteiger partial charge in [-0.1, -0.05) is 12.1 Å². The third kappa shape index (κ3) is 4.09. The first-order valence-corrected chi connectivity index (χ1v) is 10.9. The van der Waals surface area contributed by atoms with Gasteiger partial charge in [0.2, 0.25) is 0 Å². The van der Waals surface area contributed by atoms with Crippen LogP contribution in [0.15, 0.2) is 42.9 Å². The summed E-state index contributed by atoms with van der Waals surface area (Å²) in [6.45, 7) is 2.58. The van der Waals surface area contributed by atoms with Gasteiger partial charge >= 0.3 is 0 Å². The van der Waals surface area contributed by atoms with Crippen LogP contribution in [-0.4, -0.2) is 31.4 Å². The minimum Gasteiger partial charge on any atom is -0.495 e. The van der Waals surface area contributed by atoms with Gasteiger partial charge in [0.1, 0.15) is 11.6 Å². The molecule has 9 heteroatoms. The van der Waals surface area contributed by atoms with Crippen LogP contribution in [0.4, 0.5) is 13.2 Å². The SMILES string of the molecule is COc1cc(C=Cc2nc3n(n2)CCC[C@@H]3c2cc(F)c(F)c(F)c2)ccc1-n1cnc(C)c1. The van der Waals surface area contributed by atoms with Crippen LogP contribution in [0.5, 0.6) is 5.75 Å². The zero-order chi connectivity index (χ0) is 23.8. The van der Waals surface area contributed by atoms with E-state index in [1.165, 1.54) is 0 Å². The van der Waals surface area contributed by atoms with Crippen LogP contribution in [0.1, 0.15) is 47.2 Å². The van der Waals surface area contributed by atoms with Crippen molar-refractivity contribution in [2.45, 2.75) is 32.2 Å². The number of benzene rings is 2. The van der Waals surface area contributed by atoms with E-state index in [9.17, 15) is 13.2 Å². The molecule has 5 rings (SSSR count). The summed E-state index contributed by atoms with van der Waals surface area (Å²) < 4.78 is 50.2. The van der Waals surface area contributed by atoms with Crippen LogP contribution in [0.3, 0.4) is 0 Å². The molecule has 0 amide bonds. The summed E-state index contributed by atoms with van der Waals surface area (Å²) in [5.74, 6) is -2.43. The topological polar surface area (TPSA) is 57.8 Å². The van der Waals surface area contributed by atoms with Gasteiger partial charge in [-0.2, -0.15) is 5.10 Å². The maximum atomic E-state index is 13.8. The first-order chi connectivity index (χ1) is 16.4. The first-order valence-electron chi connectivity index (χ1n) is 10.9. The van der Waals surface area contributed by atoms with Crippen LogP contribution in [-0.2, 0) is 6.54 Å². The first kappa shape index (κ1) is 21.9. The summed E-state index contributed by atoms with van der Waals surface area (Å²) in [5.41, 5.74) is 3.03. The average Bonchev–Trinajstić information content (AvgIpc) is 3.46. The lowest BCUT2D eigenvalue weighted by molar-refractivity contribution is 0.413. The lowest BCUT2D eigenvalue weighted by Crippen LogP contribution is -2.18. The maximum absolute atomic E-state index is 13.8. The number of hydrogen-bond donors (Lipinski definition) is 0. The molecular weight excluding hydrogens is 443 g/mol. The predicted molar refractivity (Wildman–Crippen MR) is 121 cm³/mol. The van der Waals surface area contributed by atoms with Crippen molar-refractivity contribution in [3.8, 4) is 11.4 Å². The van der Waals surface area contributed by atoms with E-state index in [4.69, 9.17) is 4.74 Å². The van der Waals surface area contributed by atoms with Crippen molar-refractivity contribution in [2.75, 3.05) is 7.11 Å². The molecule has 6 nitrogen and oxygen atoms in total. The molecule has 0 radical (unpaired) electrons. The van der Waals surface area contributed by atoms with Gasteiger partial charge in [0, 0.05) is 18.7 Å². The molecule has 0 N–H and O–H groups in total. The van der Waals surface area contributed by atoms with E-state index >= 15 is 0 Å². The zero-order valence-corrected chi connectivity index (χ0v) is 18.7. The summed E-state index contributed by atoms with van der Waals surface area (Å²) in [6.07, 6.45) is 8.73. The van der Waals surface area contributed by atoms with E-state index in [2.05, 4.69) is 15.1 Å². The van der Waals surface area contributed by atoms with Crippen LogP contribution in [0.25, 0.3) is 17.8 Å². The Hall–Kier alpha value is -3.88. The molecule has 1 aliphatic rings. The van der Waals surface area contributed by atoms with Gasteiger partial charge in [-0.05, 0) is 61.2 Å². The highest BCUT2D eigenvalue weighted by molar-refractivity contribution is 5.69. The summed E-state index contributed by atoms with van der Waals surface area (Å²) >= 11 is 0. The number of hydrogen-bond acceptors (Lipinski definition) is 4. The largest absolute Gasteiger partial charge is 0.495 e. The lowest BCUT2D eigenvalue weighted by atomic mass is 9.91. The monoisotopic (exact) mass is 465 g/mol. The smallest absolute Gasteiger partial charge is 0.194 e. The van der Waals surface area contributed by atoms with E-state index in [0.717, 1.165) is 35.5 Å². The van der Waals surface area contributed by atoms with Gasteiger partial charge in [0.05, 0.1) is 24.8 Å².